The Morgan fingerprint density at radius 3 is 2.43 bits per heavy atom. The molecule has 1 heterocycles. The Hall–Kier alpha value is -2.44. The molecule has 2 aromatic carbocycles. The van der Waals surface area contributed by atoms with E-state index in [-0.39, 0.29) is 5.97 Å². The fourth-order valence-corrected chi connectivity index (χ4v) is 4.15. The lowest BCUT2D eigenvalue weighted by molar-refractivity contribution is -0.138. The van der Waals surface area contributed by atoms with Gasteiger partial charge < -0.3 is 15.0 Å². The fourth-order valence-electron chi connectivity index (χ4n) is 3.12. The molecule has 0 aromatic heterocycles. The number of nitrogens with zero attached hydrogens (tertiary/aromatic N) is 2. The van der Waals surface area contributed by atoms with E-state index >= 15 is 0 Å². The zero-order chi connectivity index (χ0) is 21.7. The van der Waals surface area contributed by atoms with Gasteiger partial charge in [0.15, 0.2) is 5.17 Å². The van der Waals surface area contributed by atoms with Gasteiger partial charge >= 0.3 is 5.97 Å². The number of benzene rings is 2. The molecule has 3 rings (SSSR count). The Morgan fingerprint density at radius 2 is 1.83 bits per heavy atom. The average molecular weight is 444 g/mol. The van der Waals surface area contributed by atoms with E-state index in [4.69, 9.17) is 21.3 Å². The molecule has 1 N–H and O–H groups in total. The molecule has 0 amide bonds. The molecule has 30 heavy (non-hydrogen) atoms. The number of halogens is 1. The number of hydrogen-bond donors (Lipinski definition) is 1. The van der Waals surface area contributed by atoms with Crippen LogP contribution in [-0.4, -0.2) is 31.8 Å². The Bertz CT molecular complexity index is 953. The third kappa shape index (κ3) is 5.37. The minimum absolute atomic E-state index is 0.323. The van der Waals surface area contributed by atoms with Crippen LogP contribution in [0.3, 0.4) is 0 Å². The van der Waals surface area contributed by atoms with Gasteiger partial charge in [0.1, 0.15) is 6.04 Å². The van der Waals surface area contributed by atoms with Crippen LogP contribution in [0.4, 0.5) is 5.69 Å². The smallest absolute Gasteiger partial charge is 0.338 e. The summed E-state index contributed by atoms with van der Waals surface area (Å²) in [7, 11) is 3.99. The maximum atomic E-state index is 12.7. The largest absolute Gasteiger partial charge is 0.463 e. The summed E-state index contributed by atoms with van der Waals surface area (Å²) in [6, 6.07) is 15.5. The lowest BCUT2D eigenvalue weighted by Crippen LogP contribution is -2.30. The number of ether oxygens (including phenoxy) is 1. The Kier molecular flexibility index (Phi) is 7.45. The van der Waals surface area contributed by atoms with Crippen molar-refractivity contribution in [1.29, 1.82) is 0 Å². The van der Waals surface area contributed by atoms with E-state index in [2.05, 4.69) is 5.32 Å². The third-order valence-electron chi connectivity index (χ3n) is 4.73. The number of esters is 1. The number of rotatable bonds is 6. The summed E-state index contributed by atoms with van der Waals surface area (Å²) in [6.07, 6.45) is 0. The minimum atomic E-state index is -0.408. The van der Waals surface area contributed by atoms with Crippen LogP contribution in [0.25, 0.3) is 0 Å². The van der Waals surface area contributed by atoms with Crippen molar-refractivity contribution in [3.8, 4) is 0 Å². The highest BCUT2D eigenvalue weighted by molar-refractivity contribution is 8.13. The average Bonchev–Trinajstić information content (AvgIpc) is 2.73. The van der Waals surface area contributed by atoms with Gasteiger partial charge in [-0.1, -0.05) is 47.6 Å². The lowest BCUT2D eigenvalue weighted by Gasteiger charge is -2.26. The van der Waals surface area contributed by atoms with E-state index in [1.54, 1.807) is 11.8 Å². The molecule has 0 spiro atoms. The minimum Gasteiger partial charge on any atom is -0.463 e. The number of carbonyl (C=O) groups excluding carboxylic acids is 1. The van der Waals surface area contributed by atoms with Crippen molar-refractivity contribution in [1.82, 2.24) is 5.32 Å². The first kappa shape index (κ1) is 22.2. The molecule has 0 bridgehead atoms. The van der Waals surface area contributed by atoms with Gasteiger partial charge in [-0.2, -0.15) is 0 Å². The summed E-state index contributed by atoms with van der Waals surface area (Å²) >= 11 is 7.57. The number of thioether (sulfide) groups is 1. The predicted molar refractivity (Wildman–Crippen MR) is 126 cm³/mol. The Balaban J connectivity index is 1.87. The molecule has 0 radical (unpaired) electrons. The molecule has 0 saturated carbocycles. The van der Waals surface area contributed by atoms with Crippen LogP contribution in [0.1, 0.15) is 31.0 Å². The molecule has 5 nitrogen and oxygen atoms in total. The van der Waals surface area contributed by atoms with Crippen molar-refractivity contribution >= 4 is 40.2 Å². The van der Waals surface area contributed by atoms with Crippen molar-refractivity contribution in [2.75, 3.05) is 25.6 Å². The first-order valence-corrected chi connectivity index (χ1v) is 11.1. The highest BCUT2D eigenvalue weighted by Crippen LogP contribution is 2.34. The SMILES string of the molecule is CCOC(=O)C1=C(C)NC(SCc2ccc(Cl)cc2)=N[C@H]1c1ccc(N(C)C)cc1. The van der Waals surface area contributed by atoms with E-state index in [0.29, 0.717) is 12.2 Å². The van der Waals surface area contributed by atoms with E-state index < -0.39 is 6.04 Å². The summed E-state index contributed by atoms with van der Waals surface area (Å²) in [6.45, 7) is 4.02. The highest BCUT2D eigenvalue weighted by Gasteiger charge is 2.30. The summed E-state index contributed by atoms with van der Waals surface area (Å²) in [5, 5.41) is 4.77. The molecule has 1 atom stereocenters. The molecule has 158 valence electrons. The highest BCUT2D eigenvalue weighted by atomic mass is 35.5. The fraction of sp³-hybridized carbons (Fsp3) is 0.304. The first-order chi connectivity index (χ1) is 14.4. The molecule has 0 aliphatic carbocycles. The molecule has 1 aliphatic heterocycles. The van der Waals surface area contributed by atoms with Gasteiger partial charge in [-0.25, -0.2) is 9.79 Å². The molecule has 2 aromatic rings. The summed E-state index contributed by atoms with van der Waals surface area (Å²) < 4.78 is 5.31. The van der Waals surface area contributed by atoms with Crippen molar-refractivity contribution < 1.29 is 9.53 Å². The second-order valence-corrected chi connectivity index (χ2v) is 8.52. The van der Waals surface area contributed by atoms with Crippen LogP contribution < -0.4 is 10.2 Å². The molecule has 7 heteroatoms. The van der Waals surface area contributed by atoms with Crippen LogP contribution in [0.5, 0.6) is 0 Å². The second-order valence-electron chi connectivity index (χ2n) is 7.12. The van der Waals surface area contributed by atoms with Gasteiger partial charge in [0, 0.05) is 36.3 Å². The molecular formula is C23H26ClN3O2S. The van der Waals surface area contributed by atoms with Crippen LogP contribution in [0.15, 0.2) is 64.8 Å². The summed E-state index contributed by atoms with van der Waals surface area (Å²) in [5.74, 6) is 0.409. The van der Waals surface area contributed by atoms with Crippen LogP contribution >= 0.6 is 23.4 Å². The van der Waals surface area contributed by atoms with E-state index in [0.717, 1.165) is 38.5 Å². The zero-order valence-corrected chi connectivity index (χ0v) is 19.2. The Labute approximate surface area is 187 Å². The maximum Gasteiger partial charge on any atom is 0.338 e. The van der Waals surface area contributed by atoms with Crippen molar-refractivity contribution in [2.45, 2.75) is 25.6 Å². The molecule has 0 fully saturated rings. The van der Waals surface area contributed by atoms with Gasteiger partial charge in [-0.15, -0.1) is 0 Å². The van der Waals surface area contributed by atoms with Crippen molar-refractivity contribution in [3.63, 3.8) is 0 Å². The first-order valence-electron chi connectivity index (χ1n) is 9.76. The summed E-state index contributed by atoms with van der Waals surface area (Å²) in [4.78, 5) is 19.6. The molecular weight excluding hydrogens is 418 g/mol. The third-order valence-corrected chi connectivity index (χ3v) is 5.94. The number of nitrogens with one attached hydrogen (secondary N) is 1. The normalized spacial score (nSPS) is 16.0. The van der Waals surface area contributed by atoms with Crippen molar-refractivity contribution in [2.24, 2.45) is 4.99 Å². The van der Waals surface area contributed by atoms with E-state index in [1.807, 2.05) is 81.4 Å². The van der Waals surface area contributed by atoms with E-state index in [1.165, 1.54) is 0 Å². The summed E-state index contributed by atoms with van der Waals surface area (Å²) in [5.41, 5.74) is 4.51. The molecule has 0 saturated heterocycles. The van der Waals surface area contributed by atoms with Gasteiger partial charge in [0.2, 0.25) is 0 Å². The maximum absolute atomic E-state index is 12.7. The number of allylic oxidation sites excluding steroid dienone is 1. The standard InChI is InChI=1S/C23H26ClN3O2S/c1-5-29-22(28)20-15(2)25-23(30-14-16-6-10-18(24)11-7-16)26-21(20)17-8-12-19(13-9-17)27(3)4/h6-13,21H,5,14H2,1-4H3,(H,25,26)/t21-/m0/s1. The van der Waals surface area contributed by atoms with Gasteiger partial charge in [0.05, 0.1) is 12.2 Å². The number of aliphatic imine (C=N–C) groups is 1. The topological polar surface area (TPSA) is 53.9 Å². The van der Waals surface area contributed by atoms with Gasteiger partial charge in [0.25, 0.3) is 0 Å². The predicted octanol–water partition coefficient (Wildman–Crippen LogP) is 5.18. The van der Waals surface area contributed by atoms with E-state index in [9.17, 15) is 4.79 Å². The quantitative estimate of drug-likeness (QED) is 0.623. The monoisotopic (exact) mass is 443 g/mol. The van der Waals surface area contributed by atoms with Gasteiger partial charge in [-0.3, -0.25) is 0 Å². The van der Waals surface area contributed by atoms with Crippen LogP contribution in [0.2, 0.25) is 5.02 Å². The second kappa shape index (κ2) is 10.0. The Morgan fingerprint density at radius 1 is 1.17 bits per heavy atom. The van der Waals surface area contributed by atoms with Crippen LogP contribution in [-0.2, 0) is 15.3 Å². The number of amidine groups is 1. The van der Waals surface area contributed by atoms with Crippen LogP contribution in [0, 0.1) is 0 Å². The number of anilines is 1. The van der Waals surface area contributed by atoms with Crippen molar-refractivity contribution in [3.05, 3.63) is 76.0 Å². The molecule has 1 aliphatic rings. The number of carbonyl (C=O) groups is 1. The number of hydrogen-bond acceptors (Lipinski definition) is 6. The zero-order valence-electron chi connectivity index (χ0n) is 17.6. The lowest BCUT2D eigenvalue weighted by atomic mass is 9.96. The van der Waals surface area contributed by atoms with Gasteiger partial charge in [-0.05, 0) is 49.2 Å². The molecule has 0 unspecified atom stereocenters.